The van der Waals surface area contributed by atoms with Crippen LogP contribution in [-0.4, -0.2) is 24.9 Å². The summed E-state index contributed by atoms with van der Waals surface area (Å²) in [5.74, 6) is -0.228. The van der Waals surface area contributed by atoms with Crippen molar-refractivity contribution in [1.82, 2.24) is 10.6 Å². The zero-order valence-electron chi connectivity index (χ0n) is 15.9. The Morgan fingerprint density at radius 3 is 2.18 bits per heavy atom. The summed E-state index contributed by atoms with van der Waals surface area (Å²) in [5.41, 5.74) is 1.99. The van der Waals surface area contributed by atoms with E-state index in [4.69, 9.17) is 0 Å². The molecule has 0 bridgehead atoms. The summed E-state index contributed by atoms with van der Waals surface area (Å²) in [6, 6.07) is 12.6. The van der Waals surface area contributed by atoms with E-state index in [1.54, 1.807) is 12.1 Å². The number of carbonyl (C=O) groups excluding carboxylic acids is 2. The Labute approximate surface area is 170 Å². The Bertz CT molecular complexity index is 807. The first-order chi connectivity index (χ1) is 12.9. The molecule has 1 aliphatic rings. The number of anilines is 1. The van der Waals surface area contributed by atoms with Crippen LogP contribution in [-0.2, 0) is 4.79 Å². The molecule has 2 amide bonds. The standard InChI is InChI=1S/C21H24FN3O2.ClH/c1-13(17-11-23-12-17)20(26)24-14(2)15-5-9-19(10-6-15)25-21(27)16-3-7-18(22)8-4-16;/h3-10,13-14,17,23H,11-12H2,1-2H3,(H,24,26)(H,25,27);1H. The minimum absolute atomic E-state index is 0. The maximum atomic E-state index is 12.9. The fraction of sp³-hybridized carbons (Fsp3) is 0.333. The van der Waals surface area contributed by atoms with Crippen LogP contribution in [0.15, 0.2) is 48.5 Å². The second kappa shape index (κ2) is 9.66. The zero-order chi connectivity index (χ0) is 19.4. The maximum Gasteiger partial charge on any atom is 0.255 e. The number of amides is 2. The van der Waals surface area contributed by atoms with E-state index in [9.17, 15) is 14.0 Å². The van der Waals surface area contributed by atoms with Crippen LogP contribution in [0.1, 0.15) is 35.8 Å². The molecule has 0 aromatic heterocycles. The van der Waals surface area contributed by atoms with Crippen LogP contribution in [0.25, 0.3) is 0 Å². The molecule has 2 aromatic rings. The molecule has 0 spiro atoms. The van der Waals surface area contributed by atoms with Gasteiger partial charge in [-0.2, -0.15) is 0 Å². The summed E-state index contributed by atoms with van der Waals surface area (Å²) in [7, 11) is 0. The van der Waals surface area contributed by atoms with Crippen molar-refractivity contribution in [1.29, 1.82) is 0 Å². The smallest absolute Gasteiger partial charge is 0.255 e. The van der Waals surface area contributed by atoms with E-state index in [0.29, 0.717) is 17.2 Å². The summed E-state index contributed by atoms with van der Waals surface area (Å²) in [4.78, 5) is 24.5. The molecular formula is C21H25ClFN3O2. The van der Waals surface area contributed by atoms with E-state index in [0.717, 1.165) is 18.7 Å². The second-order valence-electron chi connectivity index (χ2n) is 7.02. The van der Waals surface area contributed by atoms with Crippen LogP contribution < -0.4 is 16.0 Å². The quantitative estimate of drug-likeness (QED) is 0.688. The number of hydrogen-bond donors (Lipinski definition) is 3. The summed E-state index contributed by atoms with van der Waals surface area (Å²) in [6.07, 6.45) is 0. The van der Waals surface area contributed by atoms with E-state index in [1.807, 2.05) is 26.0 Å². The Hall–Kier alpha value is -2.44. The third-order valence-electron chi connectivity index (χ3n) is 5.07. The predicted octanol–water partition coefficient (Wildman–Crippen LogP) is 3.53. The van der Waals surface area contributed by atoms with Crippen molar-refractivity contribution in [2.45, 2.75) is 19.9 Å². The van der Waals surface area contributed by atoms with Gasteiger partial charge < -0.3 is 16.0 Å². The van der Waals surface area contributed by atoms with Gasteiger partial charge in [0.25, 0.3) is 5.91 Å². The lowest BCUT2D eigenvalue weighted by Crippen LogP contribution is -2.49. The van der Waals surface area contributed by atoms with Crippen molar-refractivity contribution >= 4 is 29.9 Å². The van der Waals surface area contributed by atoms with Crippen molar-refractivity contribution < 1.29 is 14.0 Å². The number of rotatable bonds is 6. The molecular weight excluding hydrogens is 381 g/mol. The van der Waals surface area contributed by atoms with E-state index in [2.05, 4.69) is 16.0 Å². The first-order valence-electron chi connectivity index (χ1n) is 9.12. The predicted molar refractivity (Wildman–Crippen MR) is 110 cm³/mol. The van der Waals surface area contributed by atoms with Crippen LogP contribution in [0.3, 0.4) is 0 Å². The lowest BCUT2D eigenvalue weighted by molar-refractivity contribution is -0.127. The number of carbonyl (C=O) groups is 2. The Balaban J connectivity index is 0.00000280. The van der Waals surface area contributed by atoms with Gasteiger partial charge in [0, 0.05) is 17.2 Å². The molecule has 150 valence electrons. The molecule has 0 aliphatic carbocycles. The number of nitrogens with one attached hydrogen (secondary N) is 3. The Kier molecular flexibility index (Phi) is 7.54. The summed E-state index contributed by atoms with van der Waals surface area (Å²) < 4.78 is 12.9. The summed E-state index contributed by atoms with van der Waals surface area (Å²) in [5, 5.41) is 9.01. The van der Waals surface area contributed by atoms with Crippen molar-refractivity contribution in [2.24, 2.45) is 11.8 Å². The fourth-order valence-electron chi connectivity index (χ4n) is 2.97. The highest BCUT2D eigenvalue weighted by Crippen LogP contribution is 2.20. The second-order valence-corrected chi connectivity index (χ2v) is 7.02. The van der Waals surface area contributed by atoms with Gasteiger partial charge in [-0.25, -0.2) is 4.39 Å². The molecule has 1 saturated heterocycles. The van der Waals surface area contributed by atoms with E-state index >= 15 is 0 Å². The molecule has 1 aliphatic heterocycles. The summed E-state index contributed by atoms with van der Waals surface area (Å²) >= 11 is 0. The number of hydrogen-bond acceptors (Lipinski definition) is 3. The van der Waals surface area contributed by atoms with Gasteiger partial charge in [0.15, 0.2) is 0 Å². The molecule has 7 heteroatoms. The molecule has 0 saturated carbocycles. The van der Waals surface area contributed by atoms with E-state index in [-0.39, 0.29) is 42.0 Å². The van der Waals surface area contributed by atoms with Gasteiger partial charge in [-0.3, -0.25) is 9.59 Å². The molecule has 1 heterocycles. The zero-order valence-corrected chi connectivity index (χ0v) is 16.7. The number of benzene rings is 2. The molecule has 0 radical (unpaired) electrons. The molecule has 2 unspecified atom stereocenters. The fourth-order valence-corrected chi connectivity index (χ4v) is 2.97. The molecule has 3 N–H and O–H groups in total. The van der Waals surface area contributed by atoms with Gasteiger partial charge in [-0.15, -0.1) is 12.4 Å². The highest BCUT2D eigenvalue weighted by atomic mass is 35.5. The molecule has 2 atom stereocenters. The third kappa shape index (κ3) is 5.30. The van der Waals surface area contributed by atoms with Gasteiger partial charge >= 0.3 is 0 Å². The molecule has 2 aromatic carbocycles. The van der Waals surface area contributed by atoms with Crippen LogP contribution >= 0.6 is 12.4 Å². The van der Waals surface area contributed by atoms with E-state index in [1.165, 1.54) is 24.3 Å². The van der Waals surface area contributed by atoms with Gasteiger partial charge in [0.05, 0.1) is 6.04 Å². The lowest BCUT2D eigenvalue weighted by atomic mass is 9.88. The summed E-state index contributed by atoms with van der Waals surface area (Å²) in [6.45, 7) is 5.69. The monoisotopic (exact) mass is 405 g/mol. The normalized spacial score (nSPS) is 15.5. The topological polar surface area (TPSA) is 70.2 Å². The first kappa shape index (κ1) is 21.9. The maximum absolute atomic E-state index is 12.9. The molecule has 28 heavy (non-hydrogen) atoms. The van der Waals surface area contributed by atoms with Gasteiger partial charge in [0.1, 0.15) is 5.82 Å². The molecule has 3 rings (SSSR count). The van der Waals surface area contributed by atoms with Crippen molar-refractivity contribution in [3.05, 3.63) is 65.5 Å². The van der Waals surface area contributed by atoms with Crippen LogP contribution in [0.2, 0.25) is 0 Å². The largest absolute Gasteiger partial charge is 0.349 e. The van der Waals surface area contributed by atoms with Crippen molar-refractivity contribution in [2.75, 3.05) is 18.4 Å². The minimum Gasteiger partial charge on any atom is -0.349 e. The van der Waals surface area contributed by atoms with Crippen molar-refractivity contribution in [3.8, 4) is 0 Å². The average Bonchev–Trinajstić information content (AvgIpc) is 2.61. The first-order valence-corrected chi connectivity index (χ1v) is 9.12. The average molecular weight is 406 g/mol. The van der Waals surface area contributed by atoms with Crippen LogP contribution in [0, 0.1) is 17.7 Å². The minimum atomic E-state index is -0.380. The highest BCUT2D eigenvalue weighted by molar-refractivity contribution is 6.04. The Morgan fingerprint density at radius 1 is 1.04 bits per heavy atom. The molecule has 1 fully saturated rings. The lowest BCUT2D eigenvalue weighted by Gasteiger charge is -2.32. The third-order valence-corrected chi connectivity index (χ3v) is 5.07. The van der Waals surface area contributed by atoms with Gasteiger partial charge in [0.2, 0.25) is 5.91 Å². The van der Waals surface area contributed by atoms with Gasteiger partial charge in [-0.1, -0.05) is 19.1 Å². The SMILES string of the molecule is CC(NC(=O)C(C)C1CNC1)c1ccc(NC(=O)c2ccc(F)cc2)cc1.Cl. The highest BCUT2D eigenvalue weighted by Gasteiger charge is 2.29. The molecule has 5 nitrogen and oxygen atoms in total. The Morgan fingerprint density at radius 2 is 1.64 bits per heavy atom. The number of halogens is 2. The van der Waals surface area contributed by atoms with Crippen LogP contribution in [0.4, 0.5) is 10.1 Å². The van der Waals surface area contributed by atoms with Crippen LogP contribution in [0.5, 0.6) is 0 Å². The van der Waals surface area contributed by atoms with E-state index < -0.39 is 0 Å². The van der Waals surface area contributed by atoms with Gasteiger partial charge in [-0.05, 0) is 67.9 Å². The van der Waals surface area contributed by atoms with Crippen molar-refractivity contribution in [3.63, 3.8) is 0 Å².